The second-order valence-electron chi connectivity index (χ2n) is 5.81. The average molecular weight is 305 g/mol. The molecule has 1 heterocycles. The number of hydrogen-bond acceptors (Lipinski definition) is 2. The van der Waals surface area contributed by atoms with Gasteiger partial charge < -0.3 is 4.74 Å². The van der Waals surface area contributed by atoms with Crippen molar-refractivity contribution >= 4 is 17.4 Å². The Balaban J connectivity index is 2.06. The summed E-state index contributed by atoms with van der Waals surface area (Å²) in [6.45, 7) is 4.70. The van der Waals surface area contributed by atoms with E-state index < -0.39 is 5.82 Å². The van der Waals surface area contributed by atoms with E-state index in [0.717, 1.165) is 11.3 Å². The van der Waals surface area contributed by atoms with Gasteiger partial charge in [-0.2, -0.15) is 0 Å². The normalized spacial score (nSPS) is 15.4. The van der Waals surface area contributed by atoms with Crippen molar-refractivity contribution in [3.8, 4) is 5.75 Å². The second kappa shape index (κ2) is 4.85. The maximum atomic E-state index is 13.5. The van der Waals surface area contributed by atoms with Crippen LogP contribution in [0.4, 0.5) is 4.39 Å². The molecular weight excluding hydrogens is 291 g/mol. The first-order valence-corrected chi connectivity index (χ1v) is 7.04. The highest BCUT2D eigenvalue weighted by atomic mass is 35.5. The van der Waals surface area contributed by atoms with Gasteiger partial charge >= 0.3 is 0 Å². The highest BCUT2D eigenvalue weighted by Crippen LogP contribution is 2.39. The minimum Gasteiger partial charge on any atom is -0.492 e. The van der Waals surface area contributed by atoms with Gasteiger partial charge in [-0.1, -0.05) is 31.5 Å². The fourth-order valence-electron chi connectivity index (χ4n) is 2.50. The van der Waals surface area contributed by atoms with Crippen LogP contribution >= 0.6 is 11.6 Å². The predicted octanol–water partition coefficient (Wildman–Crippen LogP) is 4.38. The van der Waals surface area contributed by atoms with Crippen LogP contribution in [-0.2, 0) is 5.41 Å². The SMILES string of the molecule is CC1(C)COc2ccc(C(=O)c3cccc(F)c3Cl)cc21. The average Bonchev–Trinajstić information content (AvgIpc) is 2.76. The Morgan fingerprint density at radius 2 is 2.05 bits per heavy atom. The molecule has 4 heteroatoms. The van der Waals surface area contributed by atoms with Gasteiger partial charge in [-0.3, -0.25) is 4.79 Å². The van der Waals surface area contributed by atoms with E-state index >= 15 is 0 Å². The standard InChI is InChI=1S/C17H14ClFO2/c1-17(2)9-21-14-7-6-10(8-12(14)17)16(20)11-4-3-5-13(19)15(11)18/h3-8H,9H2,1-2H3. The number of halogens is 2. The zero-order chi connectivity index (χ0) is 15.2. The Hall–Kier alpha value is -1.87. The van der Waals surface area contributed by atoms with Crippen LogP contribution in [0.2, 0.25) is 5.02 Å². The first kappa shape index (κ1) is 14.1. The van der Waals surface area contributed by atoms with E-state index in [-0.39, 0.29) is 21.8 Å². The largest absolute Gasteiger partial charge is 0.492 e. The molecule has 0 spiro atoms. The molecule has 3 rings (SSSR count). The van der Waals surface area contributed by atoms with E-state index in [1.54, 1.807) is 12.1 Å². The first-order chi connectivity index (χ1) is 9.90. The molecule has 2 aromatic carbocycles. The third-order valence-corrected chi connectivity index (χ3v) is 4.14. The molecule has 0 unspecified atom stereocenters. The molecule has 0 bridgehead atoms. The number of ketones is 1. The molecule has 0 amide bonds. The molecule has 0 N–H and O–H groups in total. The van der Waals surface area contributed by atoms with Crippen molar-refractivity contribution in [1.82, 2.24) is 0 Å². The lowest BCUT2D eigenvalue weighted by Crippen LogP contribution is -2.18. The molecule has 21 heavy (non-hydrogen) atoms. The highest BCUT2D eigenvalue weighted by Gasteiger charge is 2.32. The van der Waals surface area contributed by atoms with Crippen LogP contribution in [0.5, 0.6) is 5.75 Å². The number of fused-ring (bicyclic) bond motifs is 1. The summed E-state index contributed by atoms with van der Waals surface area (Å²) in [5, 5.41) is -0.140. The van der Waals surface area contributed by atoms with Crippen molar-refractivity contribution in [3.63, 3.8) is 0 Å². The predicted molar refractivity (Wildman–Crippen MR) is 79.8 cm³/mol. The van der Waals surface area contributed by atoms with Gasteiger partial charge in [0.1, 0.15) is 11.6 Å². The van der Waals surface area contributed by atoms with Crippen molar-refractivity contribution < 1.29 is 13.9 Å². The summed E-state index contributed by atoms with van der Waals surface area (Å²) in [6, 6.07) is 9.52. The monoisotopic (exact) mass is 304 g/mol. The summed E-state index contributed by atoms with van der Waals surface area (Å²) in [4.78, 5) is 12.5. The number of carbonyl (C=O) groups excluding carboxylic acids is 1. The van der Waals surface area contributed by atoms with E-state index in [9.17, 15) is 9.18 Å². The number of rotatable bonds is 2. The first-order valence-electron chi connectivity index (χ1n) is 6.66. The summed E-state index contributed by atoms with van der Waals surface area (Å²) in [5.41, 5.74) is 1.51. The van der Waals surface area contributed by atoms with E-state index in [4.69, 9.17) is 16.3 Å². The Morgan fingerprint density at radius 3 is 2.81 bits per heavy atom. The molecule has 2 aromatic rings. The van der Waals surface area contributed by atoms with Crippen molar-refractivity contribution in [2.45, 2.75) is 19.3 Å². The van der Waals surface area contributed by atoms with Gasteiger partial charge in [0.15, 0.2) is 5.78 Å². The van der Waals surface area contributed by atoms with E-state index in [0.29, 0.717) is 12.2 Å². The van der Waals surface area contributed by atoms with Crippen LogP contribution in [0, 0.1) is 5.82 Å². The van der Waals surface area contributed by atoms with Gasteiger partial charge in [-0.05, 0) is 30.3 Å². The molecule has 1 aliphatic rings. The van der Waals surface area contributed by atoms with Gasteiger partial charge in [0, 0.05) is 22.1 Å². The molecule has 2 nitrogen and oxygen atoms in total. The summed E-state index contributed by atoms with van der Waals surface area (Å²) < 4.78 is 19.1. The smallest absolute Gasteiger partial charge is 0.194 e. The molecule has 0 radical (unpaired) electrons. The highest BCUT2D eigenvalue weighted by molar-refractivity contribution is 6.35. The fourth-order valence-corrected chi connectivity index (χ4v) is 2.71. The molecule has 0 saturated carbocycles. The Kier molecular flexibility index (Phi) is 3.25. The van der Waals surface area contributed by atoms with Crippen LogP contribution in [0.15, 0.2) is 36.4 Å². The Bertz CT molecular complexity index is 738. The molecule has 0 aromatic heterocycles. The minimum absolute atomic E-state index is 0.140. The van der Waals surface area contributed by atoms with Gasteiger partial charge in [-0.25, -0.2) is 4.39 Å². The minimum atomic E-state index is -0.590. The lowest BCUT2D eigenvalue weighted by atomic mass is 9.85. The van der Waals surface area contributed by atoms with Crippen LogP contribution in [0.3, 0.4) is 0 Å². The molecule has 0 atom stereocenters. The lowest BCUT2D eigenvalue weighted by molar-refractivity contribution is 0.103. The van der Waals surface area contributed by atoms with Crippen LogP contribution in [0.1, 0.15) is 35.3 Å². The number of hydrogen-bond donors (Lipinski definition) is 0. The summed E-state index contributed by atoms with van der Waals surface area (Å²) in [5.74, 6) is -0.0840. The van der Waals surface area contributed by atoms with E-state index in [2.05, 4.69) is 13.8 Å². The third kappa shape index (κ3) is 2.32. The fraction of sp³-hybridized carbons (Fsp3) is 0.235. The molecule has 108 valence electrons. The van der Waals surface area contributed by atoms with Gasteiger partial charge in [0.2, 0.25) is 0 Å². The summed E-state index contributed by atoms with van der Waals surface area (Å²) >= 11 is 5.89. The number of carbonyl (C=O) groups is 1. The molecule has 0 fully saturated rings. The van der Waals surface area contributed by atoms with Gasteiger partial charge in [0.05, 0.1) is 11.6 Å². The maximum absolute atomic E-state index is 13.5. The second-order valence-corrected chi connectivity index (χ2v) is 6.19. The lowest BCUT2D eigenvalue weighted by Gasteiger charge is -2.15. The topological polar surface area (TPSA) is 26.3 Å². The van der Waals surface area contributed by atoms with Crippen molar-refractivity contribution in [1.29, 1.82) is 0 Å². The third-order valence-electron chi connectivity index (χ3n) is 3.76. The van der Waals surface area contributed by atoms with Gasteiger partial charge in [0.25, 0.3) is 0 Å². The van der Waals surface area contributed by atoms with Crippen molar-refractivity contribution in [2.75, 3.05) is 6.61 Å². The molecule has 1 aliphatic heterocycles. The van der Waals surface area contributed by atoms with E-state index in [1.165, 1.54) is 18.2 Å². The van der Waals surface area contributed by atoms with Crippen LogP contribution in [-0.4, -0.2) is 12.4 Å². The molecule has 0 saturated heterocycles. The zero-order valence-electron chi connectivity index (χ0n) is 11.7. The molecular formula is C17H14ClFO2. The Labute approximate surface area is 127 Å². The number of ether oxygens (including phenoxy) is 1. The maximum Gasteiger partial charge on any atom is 0.194 e. The van der Waals surface area contributed by atoms with Crippen molar-refractivity contribution in [3.05, 3.63) is 63.9 Å². The van der Waals surface area contributed by atoms with Gasteiger partial charge in [-0.15, -0.1) is 0 Å². The Morgan fingerprint density at radius 1 is 1.29 bits per heavy atom. The molecule has 0 aliphatic carbocycles. The van der Waals surface area contributed by atoms with Crippen molar-refractivity contribution in [2.24, 2.45) is 0 Å². The summed E-state index contributed by atoms with van der Waals surface area (Å²) in [7, 11) is 0. The quantitative estimate of drug-likeness (QED) is 0.770. The van der Waals surface area contributed by atoms with Crippen LogP contribution in [0.25, 0.3) is 0 Å². The van der Waals surface area contributed by atoms with E-state index in [1.807, 2.05) is 6.07 Å². The number of benzene rings is 2. The van der Waals surface area contributed by atoms with Crippen LogP contribution < -0.4 is 4.74 Å². The summed E-state index contributed by atoms with van der Waals surface area (Å²) in [6.07, 6.45) is 0. The zero-order valence-corrected chi connectivity index (χ0v) is 12.5.